The predicted octanol–water partition coefficient (Wildman–Crippen LogP) is 2.35. The van der Waals surface area contributed by atoms with Gasteiger partial charge < -0.3 is 19.9 Å². The Labute approximate surface area is 124 Å². The van der Waals surface area contributed by atoms with E-state index < -0.39 is 23.7 Å². The van der Waals surface area contributed by atoms with Crippen LogP contribution in [0.25, 0.3) is 0 Å². The number of benzene rings is 1. The molecular formula is C15H21NO5. The van der Waals surface area contributed by atoms with Crippen LogP contribution in [0.3, 0.4) is 0 Å². The molecule has 6 nitrogen and oxygen atoms in total. The highest BCUT2D eigenvalue weighted by molar-refractivity contribution is 5.80. The van der Waals surface area contributed by atoms with Gasteiger partial charge >= 0.3 is 12.1 Å². The second-order valence-electron chi connectivity index (χ2n) is 5.66. The molecule has 0 saturated heterocycles. The number of aliphatic carboxylic acids is 1. The molecule has 0 radical (unpaired) electrons. The van der Waals surface area contributed by atoms with Gasteiger partial charge in [-0.25, -0.2) is 9.59 Å². The topological polar surface area (TPSA) is 84.9 Å². The number of hydrogen-bond donors (Lipinski definition) is 2. The van der Waals surface area contributed by atoms with E-state index in [4.69, 9.17) is 14.6 Å². The first-order valence-electron chi connectivity index (χ1n) is 6.59. The van der Waals surface area contributed by atoms with E-state index in [1.165, 1.54) is 0 Å². The molecule has 1 amide bonds. The molecule has 0 aromatic heterocycles. The van der Waals surface area contributed by atoms with Crippen molar-refractivity contribution in [2.24, 2.45) is 0 Å². The number of carbonyl (C=O) groups excluding carboxylic acids is 1. The zero-order valence-corrected chi connectivity index (χ0v) is 12.7. The molecule has 116 valence electrons. The average molecular weight is 295 g/mol. The number of nitrogens with one attached hydrogen (secondary N) is 1. The summed E-state index contributed by atoms with van der Waals surface area (Å²) in [5, 5.41) is 11.4. The zero-order valence-electron chi connectivity index (χ0n) is 12.7. The minimum Gasteiger partial charge on any atom is -0.491 e. The Morgan fingerprint density at radius 1 is 1.33 bits per heavy atom. The maximum atomic E-state index is 11.6. The summed E-state index contributed by atoms with van der Waals surface area (Å²) in [4.78, 5) is 22.7. The molecule has 0 aliphatic carbocycles. The second-order valence-corrected chi connectivity index (χ2v) is 5.66. The molecule has 0 unspecified atom stereocenters. The van der Waals surface area contributed by atoms with Gasteiger partial charge in [-0.1, -0.05) is 12.1 Å². The van der Waals surface area contributed by atoms with Crippen molar-refractivity contribution in [3.05, 3.63) is 29.8 Å². The smallest absolute Gasteiger partial charge is 0.408 e. The van der Waals surface area contributed by atoms with Crippen LogP contribution in [0.1, 0.15) is 26.3 Å². The van der Waals surface area contributed by atoms with E-state index in [0.717, 1.165) is 5.56 Å². The van der Waals surface area contributed by atoms with E-state index in [-0.39, 0.29) is 6.61 Å². The number of alkyl carbamates (subject to hydrolysis) is 1. The fourth-order valence-electron chi connectivity index (χ4n) is 1.51. The van der Waals surface area contributed by atoms with E-state index >= 15 is 0 Å². The van der Waals surface area contributed by atoms with Gasteiger partial charge in [0.2, 0.25) is 0 Å². The van der Waals surface area contributed by atoms with Gasteiger partial charge in [0, 0.05) is 0 Å². The SMILES string of the molecule is Cc1cccc(OC[C@@H](NC(=O)OC(C)(C)C)C(=O)O)c1. The first kappa shape index (κ1) is 16.8. The molecule has 1 aromatic rings. The Bertz CT molecular complexity index is 507. The van der Waals surface area contributed by atoms with Crippen molar-refractivity contribution in [1.82, 2.24) is 5.32 Å². The summed E-state index contributed by atoms with van der Waals surface area (Å²) in [7, 11) is 0. The molecule has 0 aliphatic rings. The summed E-state index contributed by atoms with van der Waals surface area (Å²) in [6.07, 6.45) is -0.789. The van der Waals surface area contributed by atoms with Crippen LogP contribution in [0.4, 0.5) is 4.79 Å². The summed E-state index contributed by atoms with van der Waals surface area (Å²) in [6.45, 7) is 6.82. The summed E-state index contributed by atoms with van der Waals surface area (Å²) >= 11 is 0. The van der Waals surface area contributed by atoms with E-state index in [1.54, 1.807) is 32.9 Å². The van der Waals surface area contributed by atoms with Crippen LogP contribution < -0.4 is 10.1 Å². The molecule has 0 spiro atoms. The lowest BCUT2D eigenvalue weighted by molar-refractivity contribution is -0.140. The van der Waals surface area contributed by atoms with Gasteiger partial charge in [0.05, 0.1) is 0 Å². The number of aryl methyl sites for hydroxylation is 1. The normalized spacial score (nSPS) is 12.4. The van der Waals surface area contributed by atoms with Crippen LogP contribution in [0.2, 0.25) is 0 Å². The number of amides is 1. The number of ether oxygens (including phenoxy) is 2. The van der Waals surface area contributed by atoms with Gasteiger partial charge in [-0.2, -0.15) is 0 Å². The fourth-order valence-corrected chi connectivity index (χ4v) is 1.51. The highest BCUT2D eigenvalue weighted by Crippen LogP contribution is 2.13. The van der Waals surface area contributed by atoms with Crippen LogP contribution in [0.5, 0.6) is 5.75 Å². The Morgan fingerprint density at radius 3 is 2.52 bits per heavy atom. The van der Waals surface area contributed by atoms with Crippen molar-refractivity contribution < 1.29 is 24.2 Å². The molecule has 1 rings (SSSR count). The Morgan fingerprint density at radius 2 is 2.00 bits per heavy atom. The highest BCUT2D eigenvalue weighted by atomic mass is 16.6. The lowest BCUT2D eigenvalue weighted by Crippen LogP contribution is -2.46. The number of carboxylic acids is 1. The third kappa shape index (κ3) is 6.65. The number of hydrogen-bond acceptors (Lipinski definition) is 4. The number of rotatable bonds is 5. The van der Waals surface area contributed by atoms with Crippen LogP contribution in [0.15, 0.2) is 24.3 Å². The van der Waals surface area contributed by atoms with Gasteiger partial charge in [-0.3, -0.25) is 0 Å². The largest absolute Gasteiger partial charge is 0.491 e. The van der Waals surface area contributed by atoms with Crippen molar-refractivity contribution in [1.29, 1.82) is 0 Å². The molecule has 21 heavy (non-hydrogen) atoms. The molecular weight excluding hydrogens is 274 g/mol. The van der Waals surface area contributed by atoms with Crippen LogP contribution >= 0.6 is 0 Å². The van der Waals surface area contributed by atoms with Gasteiger partial charge in [-0.15, -0.1) is 0 Å². The lowest BCUT2D eigenvalue weighted by Gasteiger charge is -2.22. The molecule has 0 saturated carbocycles. The first-order valence-corrected chi connectivity index (χ1v) is 6.59. The van der Waals surface area contributed by atoms with Gasteiger partial charge in [0.1, 0.15) is 18.0 Å². The Balaban J connectivity index is 2.58. The van der Waals surface area contributed by atoms with Crippen molar-refractivity contribution in [3.63, 3.8) is 0 Å². The minimum atomic E-state index is -1.19. The molecule has 0 aliphatic heterocycles. The van der Waals surface area contributed by atoms with E-state index in [2.05, 4.69) is 5.32 Å². The van der Waals surface area contributed by atoms with Crippen LogP contribution in [-0.2, 0) is 9.53 Å². The van der Waals surface area contributed by atoms with E-state index in [9.17, 15) is 9.59 Å². The van der Waals surface area contributed by atoms with E-state index in [1.807, 2.05) is 19.1 Å². The fraction of sp³-hybridized carbons (Fsp3) is 0.467. The average Bonchev–Trinajstić information content (AvgIpc) is 2.32. The van der Waals surface area contributed by atoms with Crippen molar-refractivity contribution >= 4 is 12.1 Å². The summed E-state index contributed by atoms with van der Waals surface area (Å²) in [5.41, 5.74) is 0.310. The lowest BCUT2D eigenvalue weighted by atomic mass is 10.2. The first-order chi connectivity index (χ1) is 9.67. The maximum absolute atomic E-state index is 11.6. The Hall–Kier alpha value is -2.24. The second kappa shape index (κ2) is 6.97. The summed E-state index contributed by atoms with van der Waals surface area (Å²) in [6, 6.07) is 6.04. The monoisotopic (exact) mass is 295 g/mol. The molecule has 1 aromatic carbocycles. The van der Waals surface area contributed by atoms with Crippen LogP contribution in [-0.4, -0.2) is 35.4 Å². The molecule has 0 fully saturated rings. The highest BCUT2D eigenvalue weighted by Gasteiger charge is 2.24. The summed E-state index contributed by atoms with van der Waals surface area (Å²) < 4.78 is 10.4. The number of carbonyl (C=O) groups is 2. The standard InChI is InChI=1S/C15H21NO5/c1-10-6-5-7-11(8-10)20-9-12(13(17)18)16-14(19)21-15(2,3)4/h5-8,12H,9H2,1-4H3,(H,16,19)(H,17,18)/t12-/m1/s1. The van der Waals surface area contributed by atoms with Gasteiger partial charge in [0.15, 0.2) is 6.04 Å². The molecule has 6 heteroatoms. The van der Waals surface area contributed by atoms with E-state index in [0.29, 0.717) is 5.75 Å². The zero-order chi connectivity index (χ0) is 16.0. The predicted molar refractivity (Wildman–Crippen MR) is 77.5 cm³/mol. The van der Waals surface area contributed by atoms with Gasteiger partial charge in [-0.05, 0) is 45.4 Å². The van der Waals surface area contributed by atoms with Gasteiger partial charge in [0.25, 0.3) is 0 Å². The molecule has 1 atom stereocenters. The molecule has 0 heterocycles. The van der Waals surface area contributed by atoms with Crippen molar-refractivity contribution in [3.8, 4) is 5.75 Å². The summed E-state index contributed by atoms with van der Waals surface area (Å²) in [5.74, 6) is -0.638. The Kier molecular flexibility index (Phi) is 5.58. The molecule has 0 bridgehead atoms. The van der Waals surface area contributed by atoms with Crippen molar-refractivity contribution in [2.75, 3.05) is 6.61 Å². The number of carboxylic acid groups (broad SMARTS) is 1. The maximum Gasteiger partial charge on any atom is 0.408 e. The minimum absolute atomic E-state index is 0.183. The van der Waals surface area contributed by atoms with Crippen LogP contribution in [0, 0.1) is 6.92 Å². The third-order valence-corrected chi connectivity index (χ3v) is 2.40. The third-order valence-electron chi connectivity index (χ3n) is 2.40. The van der Waals surface area contributed by atoms with Crippen molar-refractivity contribution in [2.45, 2.75) is 39.3 Å². The quantitative estimate of drug-likeness (QED) is 0.871. The molecule has 2 N–H and O–H groups in total.